The monoisotopic (exact) mass is 487 g/mol. The first kappa shape index (κ1) is 20.7. The quantitative estimate of drug-likeness (QED) is 0.408. The number of carbonyl (C=O) groups is 1. The molecule has 0 spiro atoms. The molecule has 1 N–H and O–H groups in total. The number of nitrogens with zero attached hydrogens (tertiary/aromatic N) is 4. The molecule has 30 heavy (non-hydrogen) atoms. The normalized spacial score (nSPS) is 11.4. The molecule has 0 saturated heterocycles. The largest absolute Gasteiger partial charge is 0.352 e. The van der Waals surface area contributed by atoms with E-state index in [0.717, 1.165) is 28.4 Å². The Morgan fingerprint density at radius 3 is 2.77 bits per heavy atom. The lowest BCUT2D eigenvalue weighted by atomic mass is 10.2. The Morgan fingerprint density at radius 2 is 2.00 bits per heavy atom. The Morgan fingerprint density at radius 1 is 1.20 bits per heavy atom. The smallest absolute Gasteiger partial charge is 0.272 e. The van der Waals surface area contributed by atoms with Gasteiger partial charge in [0.25, 0.3) is 5.56 Å². The van der Waals surface area contributed by atoms with Crippen molar-refractivity contribution in [3.63, 3.8) is 0 Å². The number of amides is 1. The molecule has 1 amide bonds. The molecule has 0 aliphatic carbocycles. The number of carbonyl (C=O) groups excluding carboxylic acids is 1. The van der Waals surface area contributed by atoms with Crippen LogP contribution in [0.5, 0.6) is 0 Å². The molecule has 9 heteroatoms. The van der Waals surface area contributed by atoms with E-state index < -0.39 is 0 Å². The van der Waals surface area contributed by atoms with Crippen LogP contribution >= 0.6 is 27.3 Å². The third-order valence-corrected chi connectivity index (χ3v) is 6.41. The summed E-state index contributed by atoms with van der Waals surface area (Å²) in [7, 11) is 0. The van der Waals surface area contributed by atoms with Crippen LogP contribution in [-0.4, -0.2) is 25.1 Å². The Hall–Kier alpha value is -2.52. The van der Waals surface area contributed by atoms with Crippen molar-refractivity contribution in [2.75, 3.05) is 0 Å². The minimum Gasteiger partial charge on any atom is -0.352 e. The fraction of sp³-hybridized carbons (Fsp3) is 0.333. The van der Waals surface area contributed by atoms with Gasteiger partial charge in [-0.3, -0.25) is 18.6 Å². The minimum atomic E-state index is -0.0458. The summed E-state index contributed by atoms with van der Waals surface area (Å²) in [5.74, 6) is 1.19. The lowest BCUT2D eigenvalue weighted by Gasteiger charge is -2.09. The molecular formula is C21H22BrN5O2S. The zero-order chi connectivity index (χ0) is 21.1. The molecule has 0 aliphatic heterocycles. The highest BCUT2D eigenvalue weighted by Crippen LogP contribution is 2.20. The van der Waals surface area contributed by atoms with Crippen LogP contribution in [-0.2, 0) is 24.3 Å². The third kappa shape index (κ3) is 4.17. The van der Waals surface area contributed by atoms with Crippen molar-refractivity contribution in [1.29, 1.82) is 0 Å². The van der Waals surface area contributed by atoms with E-state index in [1.54, 1.807) is 4.57 Å². The van der Waals surface area contributed by atoms with E-state index >= 15 is 0 Å². The highest BCUT2D eigenvalue weighted by Gasteiger charge is 2.17. The molecule has 1 aromatic carbocycles. The van der Waals surface area contributed by atoms with Crippen molar-refractivity contribution in [2.45, 2.75) is 45.7 Å². The number of aryl methyl sites for hydroxylation is 2. The maximum atomic E-state index is 12.9. The standard InChI is InChI=1S/C21H22BrN5O2S/c1-2-3-11-26-20(29)19-16(10-12-30-19)27-17(24-25-21(26)27)8-9-18(28)23-13-14-4-6-15(22)7-5-14/h4-7,10,12H,2-3,8-9,11,13H2,1H3,(H,23,28). The topological polar surface area (TPSA) is 81.3 Å². The van der Waals surface area contributed by atoms with Crippen molar-refractivity contribution in [3.05, 3.63) is 61.9 Å². The van der Waals surface area contributed by atoms with Gasteiger partial charge in [-0.2, -0.15) is 0 Å². The summed E-state index contributed by atoms with van der Waals surface area (Å²) >= 11 is 4.83. The van der Waals surface area contributed by atoms with Crippen molar-refractivity contribution in [1.82, 2.24) is 24.5 Å². The summed E-state index contributed by atoms with van der Waals surface area (Å²) < 4.78 is 5.32. The summed E-state index contributed by atoms with van der Waals surface area (Å²) in [5.41, 5.74) is 1.83. The summed E-state index contributed by atoms with van der Waals surface area (Å²) in [6, 6.07) is 9.76. The van der Waals surface area contributed by atoms with Crippen LogP contribution in [0.2, 0.25) is 0 Å². The Labute approximate surface area is 185 Å². The van der Waals surface area contributed by atoms with Crippen molar-refractivity contribution in [2.24, 2.45) is 0 Å². The maximum Gasteiger partial charge on any atom is 0.272 e. The second kappa shape index (κ2) is 9.09. The molecule has 0 atom stereocenters. The molecule has 0 unspecified atom stereocenters. The maximum absolute atomic E-state index is 12.9. The minimum absolute atomic E-state index is 0.0212. The molecule has 3 aromatic heterocycles. The van der Waals surface area contributed by atoms with Gasteiger partial charge in [-0.1, -0.05) is 41.4 Å². The van der Waals surface area contributed by atoms with Crippen LogP contribution in [0.25, 0.3) is 16.0 Å². The van der Waals surface area contributed by atoms with Gasteiger partial charge >= 0.3 is 0 Å². The zero-order valence-corrected chi connectivity index (χ0v) is 19.0. The summed E-state index contributed by atoms with van der Waals surface area (Å²) in [5, 5.41) is 13.4. The van der Waals surface area contributed by atoms with Gasteiger partial charge in [0.2, 0.25) is 11.7 Å². The average Bonchev–Trinajstić information content (AvgIpc) is 3.39. The first-order chi connectivity index (χ1) is 14.6. The van der Waals surface area contributed by atoms with Crippen LogP contribution < -0.4 is 10.9 Å². The molecule has 0 saturated carbocycles. The fourth-order valence-electron chi connectivity index (χ4n) is 3.38. The molecule has 7 nitrogen and oxygen atoms in total. The lowest BCUT2D eigenvalue weighted by molar-refractivity contribution is -0.121. The first-order valence-corrected chi connectivity index (χ1v) is 11.6. The highest BCUT2D eigenvalue weighted by atomic mass is 79.9. The van der Waals surface area contributed by atoms with Crippen LogP contribution in [0.15, 0.2) is 45.0 Å². The van der Waals surface area contributed by atoms with Gasteiger partial charge in [-0.05, 0) is 35.6 Å². The molecule has 4 aromatic rings. The summed E-state index contributed by atoms with van der Waals surface area (Å²) in [6.45, 7) is 3.19. The summed E-state index contributed by atoms with van der Waals surface area (Å²) in [4.78, 5) is 25.2. The summed E-state index contributed by atoms with van der Waals surface area (Å²) in [6.07, 6.45) is 2.63. The van der Waals surface area contributed by atoms with Crippen molar-refractivity contribution >= 4 is 49.2 Å². The third-order valence-electron chi connectivity index (χ3n) is 4.99. The van der Waals surface area contributed by atoms with Gasteiger partial charge in [0, 0.05) is 30.4 Å². The van der Waals surface area contributed by atoms with Crippen LogP contribution in [0.3, 0.4) is 0 Å². The number of benzene rings is 1. The molecule has 0 bridgehead atoms. The van der Waals surface area contributed by atoms with E-state index in [1.165, 1.54) is 11.3 Å². The van der Waals surface area contributed by atoms with Crippen molar-refractivity contribution in [3.8, 4) is 0 Å². The van der Waals surface area contributed by atoms with E-state index in [1.807, 2.05) is 40.1 Å². The SMILES string of the molecule is CCCCn1c(=O)c2sccc2n2c(CCC(=O)NCc3ccc(Br)cc3)nnc12. The predicted octanol–water partition coefficient (Wildman–Crippen LogP) is 3.92. The molecular weight excluding hydrogens is 466 g/mol. The van der Waals surface area contributed by atoms with Gasteiger partial charge in [-0.15, -0.1) is 21.5 Å². The predicted molar refractivity (Wildman–Crippen MR) is 122 cm³/mol. The number of unbranched alkanes of at least 4 members (excludes halogenated alkanes) is 1. The molecule has 0 fully saturated rings. The highest BCUT2D eigenvalue weighted by molar-refractivity contribution is 9.10. The number of nitrogens with one attached hydrogen (secondary N) is 1. The van der Waals surface area contributed by atoms with Gasteiger partial charge in [0.15, 0.2) is 0 Å². The number of fused-ring (bicyclic) bond motifs is 3. The van der Waals surface area contributed by atoms with Crippen LogP contribution in [0.1, 0.15) is 37.6 Å². The molecule has 156 valence electrons. The van der Waals surface area contributed by atoms with E-state index in [4.69, 9.17) is 0 Å². The molecule has 0 aliphatic rings. The number of thiophene rings is 1. The van der Waals surface area contributed by atoms with E-state index in [-0.39, 0.29) is 11.5 Å². The molecule has 4 rings (SSSR count). The molecule has 0 radical (unpaired) electrons. The van der Waals surface area contributed by atoms with E-state index in [2.05, 4.69) is 38.4 Å². The lowest BCUT2D eigenvalue weighted by Crippen LogP contribution is -2.24. The second-order valence-electron chi connectivity index (χ2n) is 7.10. The van der Waals surface area contributed by atoms with E-state index in [0.29, 0.717) is 42.2 Å². The van der Waals surface area contributed by atoms with Gasteiger partial charge < -0.3 is 5.32 Å². The number of hydrogen-bond donors (Lipinski definition) is 1. The Balaban J connectivity index is 1.53. The van der Waals surface area contributed by atoms with E-state index in [9.17, 15) is 9.59 Å². The second-order valence-corrected chi connectivity index (χ2v) is 8.93. The number of hydrogen-bond acceptors (Lipinski definition) is 5. The molecule has 3 heterocycles. The van der Waals surface area contributed by atoms with Crippen molar-refractivity contribution < 1.29 is 4.79 Å². The Kier molecular flexibility index (Phi) is 6.29. The van der Waals surface area contributed by atoms with Gasteiger partial charge in [0.1, 0.15) is 10.5 Å². The van der Waals surface area contributed by atoms with Crippen LogP contribution in [0, 0.1) is 0 Å². The first-order valence-electron chi connectivity index (χ1n) is 9.93. The number of rotatable bonds is 8. The number of halogens is 1. The van der Waals surface area contributed by atoms with Gasteiger partial charge in [0.05, 0.1) is 5.52 Å². The average molecular weight is 488 g/mol. The zero-order valence-electron chi connectivity index (χ0n) is 16.6. The van der Waals surface area contributed by atoms with Gasteiger partial charge in [-0.25, -0.2) is 0 Å². The Bertz CT molecular complexity index is 1240. The fourth-order valence-corrected chi connectivity index (χ4v) is 4.47. The number of aromatic nitrogens is 4. The van der Waals surface area contributed by atoms with Crippen LogP contribution in [0.4, 0.5) is 0 Å².